The molecule has 0 heterocycles. The summed E-state index contributed by atoms with van der Waals surface area (Å²) in [4.78, 5) is 30.6. The molecule has 7 saturated carbocycles. The third kappa shape index (κ3) is 5.03. The van der Waals surface area contributed by atoms with Crippen molar-refractivity contribution in [3.8, 4) is 0 Å². The molecule has 0 saturated heterocycles. The van der Waals surface area contributed by atoms with Crippen LogP contribution in [0.25, 0.3) is 0 Å². The topological polar surface area (TPSA) is 87.1 Å². The molecule has 0 aliphatic heterocycles. The summed E-state index contributed by atoms with van der Waals surface area (Å²) in [5.41, 5.74) is -3.87. The first-order chi connectivity index (χ1) is 25.0. The van der Waals surface area contributed by atoms with E-state index >= 15 is 0 Å². The van der Waals surface area contributed by atoms with Gasteiger partial charge >= 0.3 is 12.3 Å². The summed E-state index contributed by atoms with van der Waals surface area (Å²) in [7, 11) is 0. The minimum Gasteiger partial charge on any atom is -0.450 e. The van der Waals surface area contributed by atoms with E-state index in [9.17, 15) is 33.0 Å². The van der Waals surface area contributed by atoms with Gasteiger partial charge in [-0.2, -0.15) is 13.2 Å². The SMILES string of the molecule is CCOC(=O)N(CC12CC3CC(CC(C3)C1)C2)C[C@]1(O)CC[C@H]2[C@]34C=C[C@@]5(C=C3C(=O)c3cccc(C(F)(F)F)c3)CC(O)CC[C@]5(C)[C@H]4CC[C@@]21C. The first-order valence-electron chi connectivity index (χ1n) is 20.5. The summed E-state index contributed by atoms with van der Waals surface area (Å²) in [6.45, 7) is 7.27. The molecule has 10 aliphatic carbocycles. The number of carbonyl (C=O) groups is 2. The summed E-state index contributed by atoms with van der Waals surface area (Å²) in [6, 6.07) is 4.77. The van der Waals surface area contributed by atoms with Gasteiger partial charge in [0.05, 0.1) is 30.4 Å². The van der Waals surface area contributed by atoms with Crippen LogP contribution in [-0.2, 0) is 10.9 Å². The van der Waals surface area contributed by atoms with Crippen LogP contribution in [0.5, 0.6) is 0 Å². The van der Waals surface area contributed by atoms with Crippen molar-refractivity contribution < 1.29 is 37.7 Å². The Kier molecular flexibility index (Phi) is 7.94. The highest BCUT2D eigenvalue weighted by Gasteiger charge is 2.74. The van der Waals surface area contributed by atoms with Crippen LogP contribution in [0.4, 0.5) is 18.0 Å². The number of hydrogen-bond donors (Lipinski definition) is 2. The van der Waals surface area contributed by atoms with Gasteiger partial charge in [-0.25, -0.2) is 4.79 Å². The van der Waals surface area contributed by atoms with Crippen LogP contribution in [-0.4, -0.2) is 58.4 Å². The maximum Gasteiger partial charge on any atom is 0.416 e. The summed E-state index contributed by atoms with van der Waals surface area (Å²) in [5, 5.41) is 24.1. The molecule has 8 atom stereocenters. The number of allylic oxidation sites excluding steroid dienone is 4. The number of ketones is 1. The molecule has 6 bridgehead atoms. The van der Waals surface area contributed by atoms with E-state index < -0.39 is 45.5 Å². The number of hydrogen-bond acceptors (Lipinski definition) is 5. The van der Waals surface area contributed by atoms with Crippen molar-refractivity contribution in [2.45, 2.75) is 122 Å². The zero-order chi connectivity index (χ0) is 37.4. The summed E-state index contributed by atoms with van der Waals surface area (Å²) in [5.74, 6) is 1.58. The van der Waals surface area contributed by atoms with Crippen molar-refractivity contribution in [2.24, 2.45) is 56.7 Å². The molecule has 1 amide bonds. The minimum absolute atomic E-state index is 0.0101. The largest absolute Gasteiger partial charge is 0.450 e. The standard InChI is InChI=1S/C44H56F3NO5/c1-4-53-37(51)48(25-40-20-27-16-28(21-40)18-29(17-27)22-40)26-42(52)13-10-35-39(42,3)12-9-34-38(2)11-8-32(49)23-41(38)14-15-43(34,35)33(24-41)36(50)30-6-5-7-31(19-30)44(45,46)47/h5-7,14-15,19,24,27-29,32,34-35,49,52H,4,8-13,16-18,20-23,25-26H2,1-3H3/t27?,28?,29?,32?,34-,35-,38-,39+,40?,41+,42-,43-/m1/s1. The van der Waals surface area contributed by atoms with E-state index in [0.717, 1.165) is 62.0 Å². The number of halogens is 3. The van der Waals surface area contributed by atoms with Crippen molar-refractivity contribution >= 4 is 11.9 Å². The van der Waals surface area contributed by atoms with Gasteiger partial charge < -0.3 is 19.8 Å². The van der Waals surface area contributed by atoms with Crippen LogP contribution < -0.4 is 0 Å². The van der Waals surface area contributed by atoms with Crippen LogP contribution in [0, 0.1) is 56.7 Å². The van der Waals surface area contributed by atoms with E-state index in [0.29, 0.717) is 44.2 Å². The van der Waals surface area contributed by atoms with Gasteiger partial charge in [0.15, 0.2) is 5.78 Å². The molecule has 6 nitrogen and oxygen atoms in total. The Hall–Kier alpha value is -2.65. The van der Waals surface area contributed by atoms with Crippen molar-refractivity contribution in [3.05, 3.63) is 59.2 Å². The smallest absolute Gasteiger partial charge is 0.416 e. The van der Waals surface area contributed by atoms with E-state index in [-0.39, 0.29) is 47.5 Å². The molecule has 1 aromatic carbocycles. The van der Waals surface area contributed by atoms with E-state index in [1.807, 2.05) is 17.9 Å². The van der Waals surface area contributed by atoms with E-state index in [1.54, 1.807) is 0 Å². The van der Waals surface area contributed by atoms with E-state index in [1.165, 1.54) is 31.4 Å². The minimum atomic E-state index is -4.59. The van der Waals surface area contributed by atoms with Gasteiger partial charge in [-0.05, 0) is 143 Å². The van der Waals surface area contributed by atoms with Gasteiger partial charge in [0.1, 0.15) is 0 Å². The molecular formula is C44H56F3NO5. The second-order valence-electron chi connectivity index (χ2n) is 19.7. The van der Waals surface area contributed by atoms with Crippen molar-refractivity contribution in [1.29, 1.82) is 0 Å². The number of Topliss-reactive ketones (excluding diaryl/α,β-unsaturated/α-hetero) is 1. The number of ether oxygens (including phenoxy) is 1. The van der Waals surface area contributed by atoms with Crippen molar-refractivity contribution in [3.63, 3.8) is 0 Å². The van der Waals surface area contributed by atoms with Gasteiger partial charge in [0, 0.05) is 33.9 Å². The Balaban J connectivity index is 1.10. The molecule has 288 valence electrons. The Morgan fingerprint density at radius 3 is 2.19 bits per heavy atom. The quantitative estimate of drug-likeness (QED) is 0.216. The molecule has 11 rings (SSSR count). The average molecular weight is 736 g/mol. The second-order valence-corrected chi connectivity index (χ2v) is 19.7. The van der Waals surface area contributed by atoms with Gasteiger partial charge in [0.2, 0.25) is 0 Å². The molecule has 1 aromatic rings. The number of amides is 1. The van der Waals surface area contributed by atoms with Crippen molar-refractivity contribution in [2.75, 3.05) is 19.7 Å². The lowest BCUT2D eigenvalue weighted by Gasteiger charge is -2.71. The van der Waals surface area contributed by atoms with Crippen LogP contribution >= 0.6 is 0 Å². The highest BCUT2D eigenvalue weighted by molar-refractivity contribution is 6.10. The van der Waals surface area contributed by atoms with Crippen LogP contribution in [0.3, 0.4) is 0 Å². The lowest BCUT2D eigenvalue weighted by atomic mass is 9.32. The van der Waals surface area contributed by atoms with Gasteiger partial charge in [-0.1, -0.05) is 44.2 Å². The maximum absolute atomic E-state index is 14.9. The molecule has 9 heteroatoms. The molecule has 53 heavy (non-hydrogen) atoms. The monoisotopic (exact) mass is 735 g/mol. The van der Waals surface area contributed by atoms with Crippen LogP contribution in [0.15, 0.2) is 48.1 Å². The zero-order valence-electron chi connectivity index (χ0n) is 31.5. The molecule has 2 N–H and O–H groups in total. The van der Waals surface area contributed by atoms with Gasteiger partial charge in [-0.3, -0.25) is 4.79 Å². The van der Waals surface area contributed by atoms with Crippen LogP contribution in [0.1, 0.15) is 120 Å². The maximum atomic E-state index is 14.9. The summed E-state index contributed by atoms with van der Waals surface area (Å²) < 4.78 is 47.5. The Morgan fingerprint density at radius 1 is 0.887 bits per heavy atom. The second kappa shape index (κ2) is 11.7. The molecule has 0 radical (unpaired) electrons. The Labute approximate surface area is 311 Å². The van der Waals surface area contributed by atoms with Crippen LogP contribution in [0.2, 0.25) is 0 Å². The first kappa shape index (κ1) is 36.0. The highest BCUT2D eigenvalue weighted by atomic mass is 19.4. The Morgan fingerprint density at radius 2 is 1.53 bits per heavy atom. The fourth-order valence-electron chi connectivity index (χ4n) is 15.2. The van der Waals surface area contributed by atoms with E-state index in [4.69, 9.17) is 4.74 Å². The number of aliphatic hydroxyl groups excluding tert-OH is 1. The zero-order valence-corrected chi connectivity index (χ0v) is 31.5. The lowest BCUT2D eigenvalue weighted by Crippen LogP contribution is -2.67. The third-order valence-electron chi connectivity index (χ3n) is 17.1. The van der Waals surface area contributed by atoms with Gasteiger partial charge in [0.25, 0.3) is 0 Å². The molecular weight excluding hydrogens is 679 g/mol. The molecule has 0 aromatic heterocycles. The van der Waals surface area contributed by atoms with E-state index in [2.05, 4.69) is 26.0 Å². The normalized spacial score (nSPS) is 46.0. The fourth-order valence-corrected chi connectivity index (χ4v) is 15.2. The number of rotatable bonds is 7. The average Bonchev–Trinajstić information content (AvgIpc) is 3.36. The van der Waals surface area contributed by atoms with Gasteiger partial charge in [-0.15, -0.1) is 0 Å². The number of benzene rings is 1. The predicted molar refractivity (Wildman–Crippen MR) is 194 cm³/mol. The third-order valence-corrected chi connectivity index (χ3v) is 17.1. The predicted octanol–water partition coefficient (Wildman–Crippen LogP) is 9.15. The first-order valence-corrected chi connectivity index (χ1v) is 20.5. The molecule has 2 spiro atoms. The Bertz CT molecular complexity index is 1730. The molecule has 7 fully saturated rings. The number of aliphatic hydroxyl groups is 2. The number of carbonyl (C=O) groups excluding carboxylic acids is 2. The molecule has 10 aliphatic rings. The summed E-state index contributed by atoms with van der Waals surface area (Å²) >= 11 is 0. The fraction of sp³-hybridized carbons (Fsp3) is 0.727. The number of fused-ring (bicyclic) bond motifs is 1. The number of alkyl halides is 3. The van der Waals surface area contributed by atoms with Crippen molar-refractivity contribution in [1.82, 2.24) is 4.90 Å². The molecule has 1 unspecified atom stereocenters. The number of nitrogens with zero attached hydrogens (tertiary/aromatic N) is 1. The lowest BCUT2D eigenvalue weighted by molar-refractivity contribution is -0.177. The summed E-state index contributed by atoms with van der Waals surface area (Å²) in [6.07, 6.45) is 12.6. The highest BCUT2D eigenvalue weighted by Crippen LogP contribution is 2.78.